The second-order valence-electron chi connectivity index (χ2n) is 8.19. The molecule has 0 saturated heterocycles. The third kappa shape index (κ3) is 6.52. The number of aliphatic hydroxyl groups is 1. The van der Waals surface area contributed by atoms with Gasteiger partial charge in [-0.1, -0.05) is 42.5 Å². The van der Waals surface area contributed by atoms with E-state index >= 15 is 4.39 Å². The van der Waals surface area contributed by atoms with Gasteiger partial charge in [-0.2, -0.15) is 14.8 Å². The molecule has 2 aromatic rings. The Balaban J connectivity index is 2.06. The Hall–Kier alpha value is -4.09. The van der Waals surface area contributed by atoms with Crippen LogP contribution in [-0.2, 0) is 6.54 Å². The first kappa shape index (κ1) is 26.5. The summed E-state index contributed by atoms with van der Waals surface area (Å²) < 4.78 is 16.8. The summed E-state index contributed by atoms with van der Waals surface area (Å²) in [5.41, 5.74) is 0.758. The van der Waals surface area contributed by atoms with Crippen LogP contribution in [0.25, 0.3) is 16.3 Å². The molecule has 8 heteroatoms. The smallest absolute Gasteiger partial charge is 0.274 e. The van der Waals surface area contributed by atoms with Crippen LogP contribution < -0.4 is 10.9 Å². The molecule has 0 fully saturated rings. The van der Waals surface area contributed by atoms with Crippen molar-refractivity contribution < 1.29 is 9.50 Å². The Bertz CT molecular complexity index is 1360. The van der Waals surface area contributed by atoms with Crippen molar-refractivity contribution in [3.8, 4) is 6.07 Å². The van der Waals surface area contributed by atoms with E-state index in [4.69, 9.17) is 10.4 Å². The summed E-state index contributed by atoms with van der Waals surface area (Å²) in [6.45, 7) is 6.31. The lowest BCUT2D eigenvalue weighted by Crippen LogP contribution is -2.27. The van der Waals surface area contributed by atoms with Crippen LogP contribution in [-0.4, -0.2) is 34.0 Å². The van der Waals surface area contributed by atoms with Gasteiger partial charge in [0.05, 0.1) is 23.6 Å². The maximum Gasteiger partial charge on any atom is 0.274 e. The summed E-state index contributed by atoms with van der Waals surface area (Å²) in [6.07, 6.45) is 12.2. The Labute approximate surface area is 210 Å². The lowest BCUT2D eigenvalue weighted by atomic mass is 10.0. The van der Waals surface area contributed by atoms with Gasteiger partial charge in [-0.15, -0.1) is 6.58 Å². The number of aromatic nitrogens is 2. The number of hydrogen-bond acceptors (Lipinski definition) is 6. The Morgan fingerprint density at radius 2 is 2.08 bits per heavy atom. The molecule has 0 amide bonds. The summed E-state index contributed by atoms with van der Waals surface area (Å²) in [5, 5.41) is 26.8. The number of fused-ring (bicyclic) bond motifs is 1. The summed E-state index contributed by atoms with van der Waals surface area (Å²) in [4.78, 5) is 17.4. The van der Waals surface area contributed by atoms with Crippen molar-refractivity contribution in [1.82, 2.24) is 15.1 Å². The monoisotopic (exact) mass is 487 g/mol. The molecule has 0 bridgehead atoms. The topological polar surface area (TPSA) is 103 Å². The molecule has 0 saturated carbocycles. The van der Waals surface area contributed by atoms with Crippen molar-refractivity contribution in [2.75, 3.05) is 13.2 Å². The lowest BCUT2D eigenvalue weighted by Gasteiger charge is -2.16. The number of nitrogens with zero attached hydrogens (tertiary/aromatic N) is 4. The molecule has 7 nitrogen and oxygen atoms in total. The second-order valence-corrected chi connectivity index (χ2v) is 8.19. The molecule has 1 aliphatic rings. The van der Waals surface area contributed by atoms with Crippen molar-refractivity contribution in [2.45, 2.75) is 32.7 Å². The van der Waals surface area contributed by atoms with E-state index in [0.717, 1.165) is 0 Å². The molecule has 0 aliphatic carbocycles. The molecule has 0 radical (unpaired) electrons. The van der Waals surface area contributed by atoms with Gasteiger partial charge in [0.25, 0.3) is 5.56 Å². The van der Waals surface area contributed by atoms with Crippen LogP contribution in [0.5, 0.6) is 0 Å². The van der Waals surface area contributed by atoms with Gasteiger partial charge in [-0.25, -0.2) is 9.67 Å². The van der Waals surface area contributed by atoms with Crippen LogP contribution in [0, 0.1) is 17.2 Å². The number of hydrogen-bond donors (Lipinski definition) is 2. The zero-order valence-electron chi connectivity index (χ0n) is 20.3. The molecule has 1 atom stereocenters. The SMILES string of the molecule is C=CC(/C=C\C(C#N)=C/C)Cn1nc(C2=C/CC/C=C(NCCCO)/N=C\2F)c2ccccc2c1=O. The second kappa shape index (κ2) is 13.1. The highest BCUT2D eigenvalue weighted by Gasteiger charge is 2.20. The van der Waals surface area contributed by atoms with Gasteiger partial charge in [-0.05, 0) is 44.4 Å². The Morgan fingerprint density at radius 3 is 2.78 bits per heavy atom. The molecular weight excluding hydrogens is 457 g/mol. The van der Waals surface area contributed by atoms with E-state index in [0.29, 0.717) is 53.7 Å². The van der Waals surface area contributed by atoms with Crippen LogP contribution in [0.2, 0.25) is 0 Å². The minimum absolute atomic E-state index is 0.0303. The van der Waals surface area contributed by atoms with Crippen molar-refractivity contribution in [3.05, 3.63) is 94.7 Å². The quantitative estimate of drug-likeness (QED) is 0.221. The highest BCUT2D eigenvalue weighted by molar-refractivity contribution is 6.21. The van der Waals surface area contributed by atoms with Gasteiger partial charge in [0.2, 0.25) is 5.97 Å². The van der Waals surface area contributed by atoms with Gasteiger partial charge in [0.1, 0.15) is 11.5 Å². The molecule has 1 unspecified atom stereocenters. The highest BCUT2D eigenvalue weighted by atomic mass is 19.1. The van der Waals surface area contributed by atoms with Crippen LogP contribution in [0.1, 0.15) is 31.9 Å². The molecule has 186 valence electrons. The minimum Gasteiger partial charge on any atom is -0.396 e. The lowest BCUT2D eigenvalue weighted by molar-refractivity contribution is 0.288. The normalized spacial score (nSPS) is 19.7. The van der Waals surface area contributed by atoms with Crippen LogP contribution in [0.4, 0.5) is 4.39 Å². The number of allylic oxidation sites excluding steroid dienone is 8. The number of nitriles is 1. The maximum absolute atomic E-state index is 15.5. The van der Waals surface area contributed by atoms with Gasteiger partial charge in [0, 0.05) is 30.0 Å². The van der Waals surface area contributed by atoms with E-state index in [9.17, 15) is 4.79 Å². The first-order chi connectivity index (χ1) is 17.5. The molecule has 1 aromatic heterocycles. The molecule has 36 heavy (non-hydrogen) atoms. The fourth-order valence-electron chi connectivity index (χ4n) is 3.74. The molecule has 2 N–H and O–H groups in total. The largest absolute Gasteiger partial charge is 0.396 e. The molecule has 1 aromatic carbocycles. The van der Waals surface area contributed by atoms with Crippen molar-refractivity contribution in [2.24, 2.45) is 10.9 Å². The zero-order valence-corrected chi connectivity index (χ0v) is 20.3. The minimum atomic E-state index is -0.702. The van der Waals surface area contributed by atoms with E-state index in [2.05, 4.69) is 28.1 Å². The first-order valence-electron chi connectivity index (χ1n) is 11.9. The summed E-state index contributed by atoms with van der Waals surface area (Å²) in [5.74, 6) is -0.576. The predicted octanol–water partition coefficient (Wildman–Crippen LogP) is 4.58. The Kier molecular flexibility index (Phi) is 9.66. The van der Waals surface area contributed by atoms with Gasteiger partial charge >= 0.3 is 0 Å². The fraction of sp³-hybridized carbons (Fsp3) is 0.286. The van der Waals surface area contributed by atoms with Crippen molar-refractivity contribution >= 4 is 22.3 Å². The van der Waals surface area contributed by atoms with Crippen LogP contribution in [0.3, 0.4) is 0 Å². The first-order valence-corrected chi connectivity index (χ1v) is 11.9. The third-order valence-electron chi connectivity index (χ3n) is 5.71. The number of aliphatic imine (C=N–C) groups is 1. The average Bonchev–Trinajstić information content (AvgIpc) is 2.89. The van der Waals surface area contributed by atoms with Crippen molar-refractivity contribution in [3.63, 3.8) is 0 Å². The zero-order chi connectivity index (χ0) is 25.9. The molecule has 1 aliphatic heterocycles. The number of aliphatic hydroxyl groups excluding tert-OH is 1. The molecule has 3 rings (SSSR count). The van der Waals surface area contributed by atoms with Crippen LogP contribution in [0.15, 0.2) is 88.5 Å². The van der Waals surface area contributed by atoms with Crippen molar-refractivity contribution in [1.29, 1.82) is 5.26 Å². The number of benzene rings is 1. The van der Waals surface area contributed by atoms with E-state index in [-0.39, 0.29) is 30.2 Å². The predicted molar refractivity (Wildman–Crippen MR) is 142 cm³/mol. The number of rotatable bonds is 10. The molecule has 2 heterocycles. The van der Waals surface area contributed by atoms with Crippen LogP contribution >= 0.6 is 0 Å². The van der Waals surface area contributed by atoms with E-state index in [1.165, 1.54) is 4.68 Å². The third-order valence-corrected chi connectivity index (χ3v) is 5.71. The maximum atomic E-state index is 15.5. The number of nitrogens with one attached hydrogen (secondary N) is 1. The number of halogens is 1. The average molecular weight is 488 g/mol. The van der Waals surface area contributed by atoms with Gasteiger partial charge in [-0.3, -0.25) is 4.79 Å². The van der Waals surface area contributed by atoms with E-state index < -0.39 is 5.97 Å². The Morgan fingerprint density at radius 1 is 1.33 bits per heavy atom. The highest BCUT2D eigenvalue weighted by Crippen LogP contribution is 2.26. The summed E-state index contributed by atoms with van der Waals surface area (Å²) in [7, 11) is 0. The molecular formula is C28H30FN5O2. The van der Waals surface area contributed by atoms with E-state index in [1.54, 1.807) is 61.6 Å². The molecule has 0 spiro atoms. The van der Waals surface area contributed by atoms with Gasteiger partial charge < -0.3 is 10.4 Å². The van der Waals surface area contributed by atoms with Gasteiger partial charge in [0.15, 0.2) is 0 Å². The standard InChI is InChI=1S/C28H30FN5O2/c1-3-20(18-30)14-15-21(4-2)19-34-28(36)23-11-6-5-10-22(23)26(33-34)24-12-7-8-13-25(32-27(24)29)31-16-9-17-35/h3-6,10-15,21,31,35H,2,7-9,16-17,19H2,1H3/b15-14-,20-3+,24-12-,25-13+,32-27+. The summed E-state index contributed by atoms with van der Waals surface area (Å²) >= 11 is 0. The van der Waals surface area contributed by atoms with E-state index in [1.807, 2.05) is 6.08 Å². The summed E-state index contributed by atoms with van der Waals surface area (Å²) in [6, 6.07) is 9.09. The fourth-order valence-corrected chi connectivity index (χ4v) is 3.74.